The normalized spacial score (nSPS) is 12.8. The number of halogens is 12. The van der Waals surface area contributed by atoms with Gasteiger partial charge in [-0.25, -0.2) is 0 Å². The van der Waals surface area contributed by atoms with Crippen molar-refractivity contribution in [3.05, 3.63) is 58.7 Å². The maximum atomic E-state index is 12.8. The van der Waals surface area contributed by atoms with Crippen LogP contribution < -0.4 is 10.6 Å². The molecule has 2 N–H and O–H groups in total. The van der Waals surface area contributed by atoms with E-state index in [-0.39, 0.29) is 36.4 Å². The fourth-order valence-electron chi connectivity index (χ4n) is 2.26. The van der Waals surface area contributed by atoms with E-state index in [1.54, 1.807) is 0 Å². The summed E-state index contributed by atoms with van der Waals surface area (Å²) in [5.74, 6) is 0. The molecule has 0 radical (unpaired) electrons. The maximum absolute atomic E-state index is 12.8. The first kappa shape index (κ1) is 25.0. The predicted molar refractivity (Wildman–Crippen MR) is 87.9 cm³/mol. The van der Waals surface area contributed by atoms with Crippen LogP contribution in [0.2, 0.25) is 0 Å². The Hall–Kier alpha value is -3.24. The number of anilines is 2. The Morgan fingerprint density at radius 2 is 0.625 bits per heavy atom. The van der Waals surface area contributed by atoms with Crippen LogP contribution in [0, 0.1) is 12.1 Å². The zero-order valence-corrected chi connectivity index (χ0v) is 15.0. The molecule has 0 aliphatic heterocycles. The smallest absolute Gasteiger partial charge is 0.313 e. The highest BCUT2D eigenvalue weighted by Gasteiger charge is 2.38. The van der Waals surface area contributed by atoms with E-state index in [4.69, 9.17) is 0 Å². The van der Waals surface area contributed by atoms with Crippen molar-refractivity contribution < 1.29 is 52.7 Å². The first-order valence-corrected chi connectivity index (χ1v) is 7.98. The van der Waals surface area contributed by atoms with Crippen molar-refractivity contribution in [2.75, 3.05) is 10.6 Å². The molecule has 0 unspecified atom stereocenters. The molecule has 0 heterocycles. The first-order valence-electron chi connectivity index (χ1n) is 7.98. The van der Waals surface area contributed by atoms with Crippen molar-refractivity contribution in [2.45, 2.75) is 24.7 Å². The summed E-state index contributed by atoms with van der Waals surface area (Å²) in [6.45, 7) is 0. The topological polar surface area (TPSA) is 24.1 Å². The first-order chi connectivity index (χ1) is 14.4. The number of nitrogens with one attached hydrogen (secondary N) is 2. The summed E-state index contributed by atoms with van der Waals surface area (Å²) in [7, 11) is 0. The average molecular weight is 480 g/mol. The monoisotopic (exact) mass is 480 g/mol. The Morgan fingerprint density at radius 1 is 0.406 bits per heavy atom. The summed E-state index contributed by atoms with van der Waals surface area (Å²) in [6.07, 6.45) is -20.5. The van der Waals surface area contributed by atoms with Gasteiger partial charge in [-0.2, -0.15) is 52.7 Å². The van der Waals surface area contributed by atoms with Crippen LogP contribution in [0.5, 0.6) is 0 Å². The summed E-state index contributed by atoms with van der Waals surface area (Å²) in [5.41, 5.74) is -8.15. The lowest BCUT2D eigenvalue weighted by Gasteiger charge is -2.14. The Bertz CT molecular complexity index is 888. The summed E-state index contributed by atoms with van der Waals surface area (Å²) < 4.78 is 153. The number of rotatable bonds is 2. The molecule has 0 saturated heterocycles. The molecule has 0 fully saturated rings. The van der Waals surface area contributed by atoms with Crippen molar-refractivity contribution in [1.29, 1.82) is 0 Å². The summed E-state index contributed by atoms with van der Waals surface area (Å²) in [5, 5.41) is 3.72. The average Bonchev–Trinajstić information content (AvgIpc) is 2.62. The molecule has 0 spiro atoms. The SMILES string of the molecule is FC(F)(F)c1cc(NC#CNc2cc(C(F)(F)F)cc(C(F)(F)F)c2)cc(C(F)(F)F)c1. The zero-order chi connectivity index (χ0) is 24.5. The fourth-order valence-corrected chi connectivity index (χ4v) is 2.26. The van der Waals surface area contributed by atoms with Gasteiger partial charge in [-0.1, -0.05) is 0 Å². The minimum absolute atomic E-state index is 0.141. The number of alkyl halides is 12. The molecule has 2 nitrogen and oxygen atoms in total. The van der Waals surface area contributed by atoms with Crippen LogP contribution in [0.4, 0.5) is 64.1 Å². The summed E-state index contributed by atoms with van der Waals surface area (Å²) >= 11 is 0. The Labute approximate surface area is 171 Å². The molecule has 2 aromatic carbocycles. The van der Waals surface area contributed by atoms with Crippen LogP contribution in [0.3, 0.4) is 0 Å². The van der Waals surface area contributed by atoms with Gasteiger partial charge < -0.3 is 10.6 Å². The molecular formula is C18H8F12N2. The molecule has 0 aliphatic carbocycles. The van der Waals surface area contributed by atoms with E-state index in [2.05, 4.69) is 0 Å². The van der Waals surface area contributed by atoms with E-state index in [0.29, 0.717) is 0 Å². The van der Waals surface area contributed by atoms with Gasteiger partial charge in [-0.05, 0) is 36.4 Å². The van der Waals surface area contributed by atoms with Gasteiger partial charge >= 0.3 is 24.7 Å². The minimum atomic E-state index is -5.13. The molecule has 2 aromatic rings. The van der Waals surface area contributed by atoms with E-state index in [1.807, 2.05) is 22.7 Å². The summed E-state index contributed by atoms with van der Waals surface area (Å²) in [6, 6.07) is 4.50. The van der Waals surface area contributed by atoms with Gasteiger partial charge in [0.05, 0.1) is 22.3 Å². The van der Waals surface area contributed by atoms with Crippen LogP contribution in [-0.2, 0) is 24.7 Å². The van der Waals surface area contributed by atoms with Crippen LogP contribution in [0.1, 0.15) is 22.3 Å². The van der Waals surface area contributed by atoms with E-state index in [1.165, 1.54) is 0 Å². The predicted octanol–water partition coefficient (Wildman–Crippen LogP) is 7.20. The van der Waals surface area contributed by atoms with Gasteiger partial charge in [0.1, 0.15) is 0 Å². The third-order valence-corrected chi connectivity index (χ3v) is 3.65. The van der Waals surface area contributed by atoms with Gasteiger partial charge in [0, 0.05) is 23.5 Å². The largest absolute Gasteiger partial charge is 0.416 e. The number of hydrogen-bond donors (Lipinski definition) is 2. The maximum Gasteiger partial charge on any atom is 0.416 e. The van der Waals surface area contributed by atoms with E-state index < -0.39 is 58.3 Å². The molecular weight excluding hydrogens is 472 g/mol. The summed E-state index contributed by atoms with van der Waals surface area (Å²) in [4.78, 5) is 0. The molecule has 0 amide bonds. The highest BCUT2D eigenvalue weighted by molar-refractivity contribution is 5.57. The van der Waals surface area contributed by atoms with Crippen LogP contribution in [0.25, 0.3) is 0 Å². The second-order valence-electron chi connectivity index (χ2n) is 6.09. The highest BCUT2D eigenvalue weighted by Crippen LogP contribution is 2.38. The van der Waals surface area contributed by atoms with Crippen LogP contribution in [0.15, 0.2) is 36.4 Å². The lowest BCUT2D eigenvalue weighted by Crippen LogP contribution is -2.12. The molecule has 14 heteroatoms. The second kappa shape index (κ2) is 8.36. The Morgan fingerprint density at radius 3 is 0.812 bits per heavy atom. The van der Waals surface area contributed by atoms with Gasteiger partial charge in [0.2, 0.25) is 0 Å². The van der Waals surface area contributed by atoms with Crippen LogP contribution >= 0.6 is 0 Å². The van der Waals surface area contributed by atoms with Crippen molar-refractivity contribution in [3.63, 3.8) is 0 Å². The van der Waals surface area contributed by atoms with E-state index in [0.717, 1.165) is 0 Å². The second-order valence-corrected chi connectivity index (χ2v) is 6.09. The molecule has 2 rings (SSSR count). The van der Waals surface area contributed by atoms with Gasteiger partial charge in [-0.3, -0.25) is 0 Å². The molecule has 174 valence electrons. The highest BCUT2D eigenvalue weighted by atomic mass is 19.4. The lowest BCUT2D eigenvalue weighted by molar-refractivity contribution is -0.144. The Balaban J connectivity index is 2.32. The molecule has 0 saturated carbocycles. The number of hydrogen-bond acceptors (Lipinski definition) is 2. The molecule has 0 atom stereocenters. The van der Waals surface area contributed by atoms with Crippen molar-refractivity contribution in [2.24, 2.45) is 0 Å². The molecule has 0 aliphatic rings. The standard InChI is InChI=1S/C18H8F12N2/c19-15(20,21)9-3-10(16(22,23)24)6-13(5-9)31-1-2-32-14-7-11(17(25,26)27)4-12(8-14)18(28,29)30/h3-8,31-32H. The van der Waals surface area contributed by atoms with E-state index >= 15 is 0 Å². The van der Waals surface area contributed by atoms with Gasteiger partial charge in [-0.15, -0.1) is 0 Å². The quantitative estimate of drug-likeness (QED) is 0.270. The van der Waals surface area contributed by atoms with E-state index in [9.17, 15) is 52.7 Å². The fraction of sp³-hybridized carbons (Fsp3) is 0.222. The van der Waals surface area contributed by atoms with Crippen molar-refractivity contribution >= 4 is 11.4 Å². The van der Waals surface area contributed by atoms with Crippen molar-refractivity contribution in [3.8, 4) is 12.1 Å². The van der Waals surface area contributed by atoms with Crippen LogP contribution in [-0.4, -0.2) is 0 Å². The van der Waals surface area contributed by atoms with Gasteiger partial charge in [0.25, 0.3) is 0 Å². The molecule has 32 heavy (non-hydrogen) atoms. The van der Waals surface area contributed by atoms with Crippen molar-refractivity contribution in [1.82, 2.24) is 0 Å². The zero-order valence-electron chi connectivity index (χ0n) is 15.0. The minimum Gasteiger partial charge on any atom is -0.313 e. The third-order valence-electron chi connectivity index (χ3n) is 3.65. The molecule has 0 aromatic heterocycles. The molecule has 0 bridgehead atoms. The Kier molecular flexibility index (Phi) is 6.54. The lowest BCUT2D eigenvalue weighted by atomic mass is 10.1. The number of benzene rings is 2. The van der Waals surface area contributed by atoms with Gasteiger partial charge in [0.15, 0.2) is 0 Å². The third kappa shape index (κ3) is 6.63.